The van der Waals surface area contributed by atoms with Crippen molar-refractivity contribution in [2.45, 2.75) is 117 Å². The highest BCUT2D eigenvalue weighted by Gasteiger charge is 2.69. The molecule has 0 bridgehead atoms. The molecule has 13 nitrogen and oxygen atoms in total. The van der Waals surface area contributed by atoms with Gasteiger partial charge in [0.1, 0.15) is 11.6 Å². The zero-order chi connectivity index (χ0) is 33.4. The standard InChI is InChI=1S/C31H52N6O7/c1-10-12-19(22(38)23(32)39)33-26(41)21-20-18(31(20,8)9)16-37(21)27(42)24(34-28(43)44-30(5,6)7)36-14-11-13-17(15-36)25(40)35-29(2,3)4/h17-21,24H,10-16H2,1-9H3,(H2,32,39)(H,33,41)(H,34,43)(H,35,40)/t17?,18?,19-,20?,21+,24-/m1/s1. The predicted molar refractivity (Wildman–Crippen MR) is 163 cm³/mol. The van der Waals surface area contributed by atoms with Gasteiger partial charge >= 0.3 is 6.09 Å². The average molecular weight is 621 g/mol. The first-order chi connectivity index (χ1) is 20.2. The summed E-state index contributed by atoms with van der Waals surface area (Å²) in [5.41, 5.74) is 3.77. The lowest BCUT2D eigenvalue weighted by Gasteiger charge is -2.41. The van der Waals surface area contributed by atoms with Gasteiger partial charge in [0.2, 0.25) is 17.6 Å². The molecule has 248 valence electrons. The first-order valence-corrected chi connectivity index (χ1v) is 15.7. The molecule has 5 N–H and O–H groups in total. The van der Waals surface area contributed by atoms with Crippen LogP contribution < -0.4 is 21.7 Å². The van der Waals surface area contributed by atoms with Crippen LogP contribution in [0.15, 0.2) is 0 Å². The van der Waals surface area contributed by atoms with Crippen LogP contribution in [0, 0.1) is 23.2 Å². The second kappa shape index (κ2) is 13.0. The topological polar surface area (TPSA) is 180 Å². The molecule has 1 saturated carbocycles. The van der Waals surface area contributed by atoms with Crippen LogP contribution in [-0.2, 0) is 28.7 Å². The Morgan fingerprint density at radius 3 is 2.16 bits per heavy atom. The summed E-state index contributed by atoms with van der Waals surface area (Å²) in [5, 5.41) is 8.43. The fraction of sp³-hybridized carbons (Fsp3) is 0.806. The number of Topliss-reactive ketones (excluding diaryl/α,β-unsaturated/α-hetero) is 1. The normalized spacial score (nSPS) is 26.1. The minimum absolute atomic E-state index is 0.0347. The number of ketones is 1. The summed E-state index contributed by atoms with van der Waals surface area (Å²) in [5.74, 6) is -3.74. The van der Waals surface area contributed by atoms with Gasteiger partial charge in [0.05, 0.1) is 12.0 Å². The van der Waals surface area contributed by atoms with Crippen molar-refractivity contribution in [3.05, 3.63) is 0 Å². The maximum atomic E-state index is 14.4. The average Bonchev–Trinajstić information content (AvgIpc) is 3.20. The van der Waals surface area contributed by atoms with Gasteiger partial charge in [-0.2, -0.15) is 0 Å². The number of piperidine rings is 2. The SMILES string of the molecule is CCC[C@@H](NC(=O)[C@@H]1C2C(CN1C(=O)[C@H](NC(=O)OC(C)(C)C)N1CCCC(C(=O)NC(C)(C)C)C1)C2(C)C)C(=O)C(N)=O. The number of rotatable bonds is 10. The van der Waals surface area contributed by atoms with Crippen LogP contribution >= 0.6 is 0 Å². The fourth-order valence-electron chi connectivity index (χ4n) is 6.61. The van der Waals surface area contributed by atoms with Gasteiger partial charge in [0.25, 0.3) is 11.8 Å². The van der Waals surface area contributed by atoms with Gasteiger partial charge in [-0.1, -0.05) is 27.2 Å². The van der Waals surface area contributed by atoms with Gasteiger partial charge in [-0.3, -0.25) is 34.2 Å². The number of amides is 5. The van der Waals surface area contributed by atoms with Crippen molar-refractivity contribution in [1.82, 2.24) is 25.8 Å². The number of nitrogens with two attached hydrogens (primary N) is 1. The summed E-state index contributed by atoms with van der Waals surface area (Å²) in [6, 6.07) is -2.02. The molecule has 0 spiro atoms. The number of hydrogen-bond donors (Lipinski definition) is 4. The largest absolute Gasteiger partial charge is 0.444 e. The Hall–Kier alpha value is -3.22. The van der Waals surface area contributed by atoms with Crippen molar-refractivity contribution in [2.75, 3.05) is 19.6 Å². The lowest BCUT2D eigenvalue weighted by Crippen LogP contribution is -2.64. The van der Waals surface area contributed by atoms with E-state index in [0.29, 0.717) is 25.8 Å². The molecular formula is C31H52N6O7. The molecule has 0 radical (unpaired) electrons. The highest BCUT2D eigenvalue weighted by atomic mass is 16.6. The summed E-state index contributed by atoms with van der Waals surface area (Å²) >= 11 is 0. The Morgan fingerprint density at radius 1 is 0.977 bits per heavy atom. The number of ether oxygens (including phenoxy) is 1. The monoisotopic (exact) mass is 620 g/mol. The van der Waals surface area contributed by atoms with Crippen LogP contribution in [0.4, 0.5) is 4.79 Å². The van der Waals surface area contributed by atoms with Crippen LogP contribution in [-0.4, -0.2) is 94.3 Å². The Kier molecular flexibility index (Phi) is 10.4. The van der Waals surface area contributed by atoms with E-state index in [9.17, 15) is 28.8 Å². The summed E-state index contributed by atoms with van der Waals surface area (Å²) in [4.78, 5) is 81.6. The van der Waals surface area contributed by atoms with Crippen molar-refractivity contribution in [3.8, 4) is 0 Å². The van der Waals surface area contributed by atoms with Crippen LogP contribution in [0.3, 0.4) is 0 Å². The van der Waals surface area contributed by atoms with Crippen molar-refractivity contribution < 1.29 is 33.5 Å². The van der Waals surface area contributed by atoms with Gasteiger partial charge in [-0.25, -0.2) is 4.79 Å². The van der Waals surface area contributed by atoms with E-state index in [1.54, 1.807) is 25.7 Å². The zero-order valence-electron chi connectivity index (χ0n) is 27.7. The molecule has 2 heterocycles. The molecule has 2 saturated heterocycles. The van der Waals surface area contributed by atoms with Gasteiger partial charge < -0.3 is 26.0 Å². The van der Waals surface area contributed by atoms with Gasteiger partial charge in [0.15, 0.2) is 6.17 Å². The molecule has 3 fully saturated rings. The molecular weight excluding hydrogens is 568 g/mol. The van der Waals surface area contributed by atoms with E-state index in [4.69, 9.17) is 10.5 Å². The molecule has 13 heteroatoms. The maximum absolute atomic E-state index is 14.4. The second-order valence-electron chi connectivity index (χ2n) is 15.1. The van der Waals surface area contributed by atoms with Crippen molar-refractivity contribution in [1.29, 1.82) is 0 Å². The molecule has 6 atom stereocenters. The third-order valence-electron chi connectivity index (χ3n) is 8.79. The Bertz CT molecular complexity index is 1160. The van der Waals surface area contributed by atoms with Crippen LogP contribution in [0.5, 0.6) is 0 Å². The van der Waals surface area contributed by atoms with Gasteiger partial charge in [-0.15, -0.1) is 0 Å². The van der Waals surface area contributed by atoms with Crippen LogP contribution in [0.1, 0.15) is 88.0 Å². The summed E-state index contributed by atoms with van der Waals surface area (Å²) in [7, 11) is 0. The van der Waals surface area contributed by atoms with Crippen LogP contribution in [0.2, 0.25) is 0 Å². The molecule has 3 aliphatic rings. The minimum atomic E-state index is -1.19. The number of primary amides is 1. The minimum Gasteiger partial charge on any atom is -0.444 e. The summed E-state index contributed by atoms with van der Waals surface area (Å²) in [6.07, 6.45) is 0.0159. The summed E-state index contributed by atoms with van der Waals surface area (Å²) < 4.78 is 5.49. The van der Waals surface area contributed by atoms with E-state index >= 15 is 0 Å². The lowest BCUT2D eigenvalue weighted by molar-refractivity contribution is -0.147. The zero-order valence-corrected chi connectivity index (χ0v) is 27.7. The first-order valence-electron chi connectivity index (χ1n) is 15.7. The van der Waals surface area contributed by atoms with Crippen molar-refractivity contribution in [3.63, 3.8) is 0 Å². The summed E-state index contributed by atoms with van der Waals surface area (Å²) in [6.45, 7) is 17.7. The smallest absolute Gasteiger partial charge is 0.409 e. The van der Waals surface area contributed by atoms with E-state index in [0.717, 1.165) is 0 Å². The number of nitrogens with zero attached hydrogens (tertiary/aromatic N) is 2. The number of carbonyl (C=O) groups is 6. The third-order valence-corrected chi connectivity index (χ3v) is 8.79. The second-order valence-corrected chi connectivity index (χ2v) is 15.1. The number of carbonyl (C=O) groups excluding carboxylic acids is 6. The number of hydrogen-bond acceptors (Lipinski definition) is 8. The maximum Gasteiger partial charge on any atom is 0.409 e. The molecule has 2 aliphatic heterocycles. The molecule has 0 aromatic carbocycles. The quantitative estimate of drug-likeness (QED) is 0.264. The molecule has 0 aromatic heterocycles. The predicted octanol–water partition coefficient (Wildman–Crippen LogP) is 1.29. The number of likely N-dealkylation sites (tertiary alicyclic amines) is 2. The highest BCUT2D eigenvalue weighted by molar-refractivity contribution is 6.37. The lowest BCUT2D eigenvalue weighted by atomic mass is 9.95. The molecule has 1 aliphatic carbocycles. The molecule has 3 unspecified atom stereocenters. The Labute approximate surface area is 260 Å². The highest BCUT2D eigenvalue weighted by Crippen LogP contribution is 2.65. The molecule has 3 rings (SSSR count). The fourth-order valence-corrected chi connectivity index (χ4v) is 6.61. The van der Waals surface area contributed by atoms with Crippen molar-refractivity contribution in [2.24, 2.45) is 28.9 Å². The van der Waals surface area contributed by atoms with E-state index in [2.05, 4.69) is 16.0 Å². The molecule has 44 heavy (non-hydrogen) atoms. The van der Waals surface area contributed by atoms with Gasteiger partial charge in [0, 0.05) is 25.2 Å². The number of fused-ring (bicyclic) bond motifs is 1. The molecule has 0 aromatic rings. The Morgan fingerprint density at radius 2 is 1.61 bits per heavy atom. The van der Waals surface area contributed by atoms with E-state index in [1.807, 2.05) is 41.5 Å². The Balaban J connectivity index is 1.91. The van der Waals surface area contributed by atoms with E-state index in [-0.39, 0.29) is 42.7 Å². The van der Waals surface area contributed by atoms with Crippen molar-refractivity contribution >= 4 is 35.5 Å². The number of nitrogens with one attached hydrogen (secondary N) is 3. The van der Waals surface area contributed by atoms with E-state index < -0.39 is 64.9 Å². The van der Waals surface area contributed by atoms with E-state index in [1.165, 1.54) is 4.90 Å². The van der Waals surface area contributed by atoms with Crippen LogP contribution in [0.25, 0.3) is 0 Å². The molecule has 5 amide bonds. The third kappa shape index (κ3) is 8.28. The number of alkyl carbamates (subject to hydrolysis) is 1. The van der Waals surface area contributed by atoms with Gasteiger partial charge in [-0.05, 0) is 78.1 Å². The first kappa shape index (κ1) is 35.3.